The molecule has 9 nitrogen and oxygen atoms in total. The summed E-state index contributed by atoms with van der Waals surface area (Å²) in [7, 11) is 0. The fourth-order valence-corrected chi connectivity index (χ4v) is 3.34. The zero-order valence-corrected chi connectivity index (χ0v) is 18.9. The van der Waals surface area contributed by atoms with E-state index in [0.717, 1.165) is 11.3 Å². The average Bonchev–Trinajstić information content (AvgIpc) is 3.21. The summed E-state index contributed by atoms with van der Waals surface area (Å²) in [6.07, 6.45) is 0.583. The Kier molecular flexibility index (Phi) is 8.12. The first-order valence-corrected chi connectivity index (χ1v) is 10.8. The van der Waals surface area contributed by atoms with Gasteiger partial charge in [0.2, 0.25) is 0 Å². The number of nitrogens with one attached hydrogen (secondary N) is 2. The third-order valence-corrected chi connectivity index (χ3v) is 4.86. The molecule has 0 aliphatic carbocycles. The molecule has 2 aromatic rings. The van der Waals surface area contributed by atoms with E-state index in [1.807, 2.05) is 31.2 Å². The number of carbonyl (C=O) groups is 3. The van der Waals surface area contributed by atoms with E-state index in [1.54, 1.807) is 26.0 Å². The van der Waals surface area contributed by atoms with Crippen molar-refractivity contribution in [2.75, 3.05) is 19.8 Å². The highest BCUT2D eigenvalue weighted by Crippen LogP contribution is 2.29. The van der Waals surface area contributed by atoms with Gasteiger partial charge in [-0.3, -0.25) is 4.79 Å². The van der Waals surface area contributed by atoms with Crippen molar-refractivity contribution in [1.82, 2.24) is 10.6 Å². The van der Waals surface area contributed by atoms with Crippen LogP contribution in [0, 0.1) is 13.8 Å². The number of aryl methyl sites for hydroxylation is 2. The van der Waals surface area contributed by atoms with E-state index >= 15 is 0 Å². The third kappa shape index (κ3) is 6.61. The van der Waals surface area contributed by atoms with Gasteiger partial charge in [-0.1, -0.05) is 12.1 Å². The molecule has 0 fully saturated rings. The van der Waals surface area contributed by atoms with Crippen LogP contribution in [-0.2, 0) is 19.1 Å². The quantitative estimate of drug-likeness (QED) is 0.415. The first-order chi connectivity index (χ1) is 15.9. The van der Waals surface area contributed by atoms with Crippen LogP contribution in [0.3, 0.4) is 0 Å². The Morgan fingerprint density at radius 2 is 1.94 bits per heavy atom. The van der Waals surface area contributed by atoms with Crippen LogP contribution in [0.5, 0.6) is 5.75 Å². The fraction of sp³-hybridized carbons (Fsp3) is 0.375. The summed E-state index contributed by atoms with van der Waals surface area (Å²) < 4.78 is 21.7. The second kappa shape index (κ2) is 11.2. The highest BCUT2D eigenvalue weighted by Gasteiger charge is 2.36. The molecular weight excluding hydrogens is 428 g/mol. The monoisotopic (exact) mass is 456 g/mol. The van der Waals surface area contributed by atoms with Crippen molar-refractivity contribution < 1.29 is 33.0 Å². The average molecular weight is 456 g/mol. The van der Waals surface area contributed by atoms with Crippen LogP contribution >= 0.6 is 0 Å². The third-order valence-electron chi connectivity index (χ3n) is 4.86. The Balaban J connectivity index is 1.62. The van der Waals surface area contributed by atoms with Gasteiger partial charge in [-0.05, 0) is 57.0 Å². The highest BCUT2D eigenvalue weighted by molar-refractivity contribution is 5.95. The molecule has 3 rings (SSSR count). The summed E-state index contributed by atoms with van der Waals surface area (Å²) in [6, 6.07) is 9.64. The van der Waals surface area contributed by atoms with E-state index < -0.39 is 24.0 Å². The van der Waals surface area contributed by atoms with Crippen LogP contribution in [0.4, 0.5) is 4.79 Å². The maximum absolute atomic E-state index is 12.6. The molecule has 1 aromatic carbocycles. The van der Waals surface area contributed by atoms with Gasteiger partial charge in [0.05, 0.1) is 24.5 Å². The van der Waals surface area contributed by atoms with Gasteiger partial charge in [0.1, 0.15) is 29.9 Å². The van der Waals surface area contributed by atoms with Crippen LogP contribution in [0.15, 0.2) is 52.1 Å². The van der Waals surface area contributed by atoms with Crippen LogP contribution < -0.4 is 15.4 Å². The highest BCUT2D eigenvalue weighted by atomic mass is 16.5. The minimum atomic E-state index is -0.858. The Hall–Kier alpha value is -3.75. The number of furan rings is 1. The molecule has 0 radical (unpaired) electrons. The second-order valence-corrected chi connectivity index (χ2v) is 7.52. The van der Waals surface area contributed by atoms with Crippen LogP contribution in [-0.4, -0.2) is 37.8 Å². The summed E-state index contributed by atoms with van der Waals surface area (Å²) in [5.41, 5.74) is 1.37. The Bertz CT molecular complexity index is 1040. The molecular formula is C24H28N2O7. The summed E-state index contributed by atoms with van der Waals surface area (Å²) in [6.45, 7) is 5.63. The molecule has 33 heavy (non-hydrogen) atoms. The molecule has 0 saturated carbocycles. The van der Waals surface area contributed by atoms with Gasteiger partial charge < -0.3 is 29.3 Å². The maximum atomic E-state index is 12.6. The standard InChI is InChI=1S/C24H28N2O7/c1-4-30-23(28)21-18(25-24(29)26-22(21)19-11-10-16(3)33-19)14-32-20(27)9-6-12-31-17-8-5-7-15(2)13-17/h5,7-8,10-11,13,22H,4,6,9,12,14H2,1-3H3,(H2,25,26,29). The van der Waals surface area contributed by atoms with Gasteiger partial charge in [-0.2, -0.15) is 0 Å². The predicted molar refractivity (Wildman–Crippen MR) is 118 cm³/mol. The summed E-state index contributed by atoms with van der Waals surface area (Å²) in [5, 5.41) is 5.20. The van der Waals surface area contributed by atoms with Crippen molar-refractivity contribution >= 4 is 18.0 Å². The lowest BCUT2D eigenvalue weighted by molar-refractivity contribution is -0.144. The number of amides is 2. The Morgan fingerprint density at radius 3 is 2.64 bits per heavy atom. The molecule has 1 aromatic heterocycles. The van der Waals surface area contributed by atoms with E-state index in [-0.39, 0.29) is 30.9 Å². The van der Waals surface area contributed by atoms with Crippen molar-refractivity contribution in [3.05, 3.63) is 64.8 Å². The molecule has 0 bridgehead atoms. The lowest BCUT2D eigenvalue weighted by atomic mass is 10.0. The Morgan fingerprint density at radius 1 is 1.12 bits per heavy atom. The van der Waals surface area contributed by atoms with Gasteiger partial charge in [0.25, 0.3) is 0 Å². The molecule has 1 atom stereocenters. The lowest BCUT2D eigenvalue weighted by Gasteiger charge is -2.27. The SMILES string of the molecule is CCOC(=O)C1=C(COC(=O)CCCOc2cccc(C)c2)NC(=O)NC1c1ccc(C)o1. The largest absolute Gasteiger partial charge is 0.494 e. The molecule has 0 saturated heterocycles. The number of benzene rings is 1. The maximum Gasteiger partial charge on any atom is 0.338 e. The Labute approximate surface area is 192 Å². The summed E-state index contributed by atoms with van der Waals surface area (Å²) in [4.78, 5) is 37.1. The van der Waals surface area contributed by atoms with E-state index in [9.17, 15) is 14.4 Å². The number of hydrogen-bond acceptors (Lipinski definition) is 7. The molecule has 176 valence electrons. The number of ether oxygens (including phenoxy) is 3. The van der Waals surface area contributed by atoms with Crippen LogP contribution in [0.2, 0.25) is 0 Å². The van der Waals surface area contributed by atoms with Crippen LogP contribution in [0.25, 0.3) is 0 Å². The molecule has 2 N–H and O–H groups in total. The molecule has 0 spiro atoms. The molecule has 1 unspecified atom stereocenters. The summed E-state index contributed by atoms with van der Waals surface area (Å²) in [5.74, 6) is 0.631. The van der Waals surface area contributed by atoms with Gasteiger partial charge in [-0.25, -0.2) is 9.59 Å². The van der Waals surface area contributed by atoms with Crippen molar-refractivity contribution in [2.45, 2.75) is 39.7 Å². The number of rotatable bonds is 10. The fourth-order valence-electron chi connectivity index (χ4n) is 3.34. The molecule has 1 aliphatic rings. The zero-order chi connectivity index (χ0) is 23.8. The van der Waals surface area contributed by atoms with Crippen molar-refractivity contribution in [3.8, 4) is 5.75 Å². The lowest BCUT2D eigenvalue weighted by Crippen LogP contribution is -2.47. The molecule has 2 amide bonds. The number of urea groups is 1. The minimum Gasteiger partial charge on any atom is -0.494 e. The normalized spacial score (nSPS) is 15.5. The predicted octanol–water partition coefficient (Wildman–Crippen LogP) is 3.47. The van der Waals surface area contributed by atoms with Gasteiger partial charge in [0, 0.05) is 6.42 Å². The minimum absolute atomic E-state index is 0.126. The van der Waals surface area contributed by atoms with Gasteiger partial charge in [0.15, 0.2) is 0 Å². The zero-order valence-electron chi connectivity index (χ0n) is 18.9. The van der Waals surface area contributed by atoms with E-state index in [2.05, 4.69) is 10.6 Å². The van der Waals surface area contributed by atoms with Crippen molar-refractivity contribution in [1.29, 1.82) is 0 Å². The van der Waals surface area contributed by atoms with Crippen molar-refractivity contribution in [2.24, 2.45) is 0 Å². The van der Waals surface area contributed by atoms with E-state index in [0.29, 0.717) is 24.5 Å². The number of esters is 2. The topological polar surface area (TPSA) is 116 Å². The van der Waals surface area contributed by atoms with Gasteiger partial charge >= 0.3 is 18.0 Å². The van der Waals surface area contributed by atoms with Crippen molar-refractivity contribution in [3.63, 3.8) is 0 Å². The molecule has 1 aliphatic heterocycles. The summed E-state index contributed by atoms with van der Waals surface area (Å²) >= 11 is 0. The molecule has 2 heterocycles. The smallest absolute Gasteiger partial charge is 0.338 e. The number of carbonyl (C=O) groups excluding carboxylic acids is 3. The molecule has 9 heteroatoms. The second-order valence-electron chi connectivity index (χ2n) is 7.52. The first kappa shape index (κ1) is 23.9. The van der Waals surface area contributed by atoms with Gasteiger partial charge in [-0.15, -0.1) is 0 Å². The van der Waals surface area contributed by atoms with E-state index in [4.69, 9.17) is 18.6 Å². The first-order valence-electron chi connectivity index (χ1n) is 10.8. The number of hydrogen-bond donors (Lipinski definition) is 2. The van der Waals surface area contributed by atoms with Crippen LogP contribution in [0.1, 0.15) is 42.9 Å². The van der Waals surface area contributed by atoms with E-state index in [1.165, 1.54) is 0 Å².